The fourth-order valence-electron chi connectivity index (χ4n) is 3.15. The van der Waals surface area contributed by atoms with Gasteiger partial charge >= 0.3 is 6.03 Å². The molecule has 2 aromatic heterocycles. The molecule has 1 aromatic carbocycles. The lowest BCUT2D eigenvalue weighted by atomic mass is 10.1. The van der Waals surface area contributed by atoms with Crippen molar-refractivity contribution in [2.75, 3.05) is 5.32 Å². The van der Waals surface area contributed by atoms with Gasteiger partial charge in [0.25, 0.3) is 0 Å². The zero-order valence-corrected chi connectivity index (χ0v) is 14.3. The van der Waals surface area contributed by atoms with Crippen LogP contribution >= 0.6 is 0 Å². The Labute approximate surface area is 146 Å². The Morgan fingerprint density at radius 3 is 2.80 bits per heavy atom. The number of nitrogens with zero attached hydrogens (tertiary/aromatic N) is 3. The van der Waals surface area contributed by atoms with Crippen LogP contribution in [-0.4, -0.2) is 26.8 Å². The van der Waals surface area contributed by atoms with Gasteiger partial charge in [0.1, 0.15) is 0 Å². The minimum Gasteiger partial charge on any atom is -0.334 e. The van der Waals surface area contributed by atoms with E-state index < -0.39 is 0 Å². The van der Waals surface area contributed by atoms with E-state index in [1.54, 1.807) is 12.4 Å². The summed E-state index contributed by atoms with van der Waals surface area (Å²) in [6, 6.07) is 12.4. The van der Waals surface area contributed by atoms with Crippen LogP contribution in [0.1, 0.15) is 37.8 Å². The number of benzene rings is 1. The van der Waals surface area contributed by atoms with Crippen molar-refractivity contribution in [1.82, 2.24) is 20.1 Å². The molecule has 0 aliphatic heterocycles. The monoisotopic (exact) mass is 335 g/mol. The third-order valence-electron chi connectivity index (χ3n) is 4.52. The molecule has 1 fully saturated rings. The molecule has 2 amide bonds. The normalized spacial score (nSPS) is 19.2. The quantitative estimate of drug-likeness (QED) is 0.764. The Balaban J connectivity index is 1.39. The SMILES string of the molecule is CC(C)n1ncc2cc(NC(=O)N[C@H]3C[C@H]3c3ccccc3)cnc21. The molecule has 2 atom stereocenters. The Bertz CT molecular complexity index is 903. The number of urea groups is 1. The van der Waals surface area contributed by atoms with Crippen molar-refractivity contribution in [2.45, 2.75) is 38.3 Å². The highest BCUT2D eigenvalue weighted by Gasteiger charge is 2.39. The van der Waals surface area contributed by atoms with Crippen molar-refractivity contribution < 1.29 is 4.79 Å². The number of amides is 2. The molecule has 3 aromatic rings. The maximum absolute atomic E-state index is 12.2. The highest BCUT2D eigenvalue weighted by Crippen LogP contribution is 2.40. The molecule has 25 heavy (non-hydrogen) atoms. The summed E-state index contributed by atoms with van der Waals surface area (Å²) >= 11 is 0. The Kier molecular flexibility index (Phi) is 3.87. The first-order valence-corrected chi connectivity index (χ1v) is 8.57. The second kappa shape index (κ2) is 6.20. The molecule has 1 aliphatic carbocycles. The summed E-state index contributed by atoms with van der Waals surface area (Å²) in [7, 11) is 0. The molecular weight excluding hydrogens is 314 g/mol. The smallest absolute Gasteiger partial charge is 0.319 e. The lowest BCUT2D eigenvalue weighted by molar-refractivity contribution is 0.251. The fourth-order valence-corrected chi connectivity index (χ4v) is 3.15. The van der Waals surface area contributed by atoms with E-state index in [0.29, 0.717) is 11.6 Å². The van der Waals surface area contributed by atoms with Crippen LogP contribution in [0.15, 0.2) is 48.8 Å². The first-order valence-electron chi connectivity index (χ1n) is 8.57. The zero-order chi connectivity index (χ0) is 17.4. The van der Waals surface area contributed by atoms with Crippen LogP contribution in [0.5, 0.6) is 0 Å². The third-order valence-corrected chi connectivity index (χ3v) is 4.52. The molecule has 128 valence electrons. The van der Waals surface area contributed by atoms with Gasteiger partial charge in [-0.05, 0) is 31.9 Å². The van der Waals surface area contributed by atoms with E-state index >= 15 is 0 Å². The largest absolute Gasteiger partial charge is 0.334 e. The average Bonchev–Trinajstić information content (AvgIpc) is 3.22. The second-order valence-electron chi connectivity index (χ2n) is 6.78. The molecule has 2 N–H and O–H groups in total. The fraction of sp³-hybridized carbons (Fsp3) is 0.316. The number of nitrogens with one attached hydrogen (secondary N) is 2. The number of carbonyl (C=O) groups excluding carboxylic acids is 1. The van der Waals surface area contributed by atoms with Crippen molar-refractivity contribution in [2.24, 2.45) is 0 Å². The maximum atomic E-state index is 12.2. The number of fused-ring (bicyclic) bond motifs is 1. The second-order valence-corrected chi connectivity index (χ2v) is 6.78. The Morgan fingerprint density at radius 2 is 2.04 bits per heavy atom. The van der Waals surface area contributed by atoms with Gasteiger partial charge in [-0.25, -0.2) is 14.5 Å². The number of anilines is 1. The van der Waals surface area contributed by atoms with E-state index in [1.165, 1.54) is 5.56 Å². The van der Waals surface area contributed by atoms with Crippen LogP contribution in [0, 0.1) is 0 Å². The molecule has 0 radical (unpaired) electrons. The van der Waals surface area contributed by atoms with E-state index in [2.05, 4.69) is 46.7 Å². The van der Waals surface area contributed by atoms with E-state index in [9.17, 15) is 4.79 Å². The van der Waals surface area contributed by atoms with Crippen LogP contribution in [0.2, 0.25) is 0 Å². The van der Waals surface area contributed by atoms with Crippen LogP contribution < -0.4 is 10.6 Å². The summed E-state index contributed by atoms with van der Waals surface area (Å²) in [4.78, 5) is 16.6. The lowest BCUT2D eigenvalue weighted by Crippen LogP contribution is -2.31. The third kappa shape index (κ3) is 3.20. The number of hydrogen-bond donors (Lipinski definition) is 2. The van der Waals surface area contributed by atoms with Gasteiger partial charge in [0.2, 0.25) is 0 Å². The number of aromatic nitrogens is 3. The molecule has 0 spiro atoms. The van der Waals surface area contributed by atoms with Gasteiger partial charge < -0.3 is 10.6 Å². The predicted octanol–water partition coefficient (Wildman–Crippen LogP) is 3.69. The van der Waals surface area contributed by atoms with E-state index in [4.69, 9.17) is 0 Å². The van der Waals surface area contributed by atoms with E-state index in [0.717, 1.165) is 17.5 Å². The highest BCUT2D eigenvalue weighted by molar-refractivity contribution is 5.91. The summed E-state index contributed by atoms with van der Waals surface area (Å²) in [6.45, 7) is 4.12. The zero-order valence-electron chi connectivity index (χ0n) is 14.3. The van der Waals surface area contributed by atoms with E-state index in [1.807, 2.05) is 28.9 Å². The molecule has 6 nitrogen and oxygen atoms in total. The summed E-state index contributed by atoms with van der Waals surface area (Å²) in [6.07, 6.45) is 4.43. The van der Waals surface area contributed by atoms with Crippen molar-refractivity contribution in [3.63, 3.8) is 0 Å². The van der Waals surface area contributed by atoms with Crippen LogP contribution in [0.3, 0.4) is 0 Å². The van der Waals surface area contributed by atoms with Gasteiger partial charge in [0.15, 0.2) is 5.65 Å². The lowest BCUT2D eigenvalue weighted by Gasteiger charge is -2.09. The van der Waals surface area contributed by atoms with Crippen molar-refractivity contribution in [3.8, 4) is 0 Å². The van der Waals surface area contributed by atoms with Crippen molar-refractivity contribution in [1.29, 1.82) is 0 Å². The Hall–Kier alpha value is -2.89. The van der Waals surface area contributed by atoms with Gasteiger partial charge in [-0.2, -0.15) is 5.10 Å². The van der Waals surface area contributed by atoms with Crippen LogP contribution in [-0.2, 0) is 0 Å². The van der Waals surface area contributed by atoms with Crippen molar-refractivity contribution in [3.05, 3.63) is 54.4 Å². The van der Waals surface area contributed by atoms with Crippen LogP contribution in [0.4, 0.5) is 10.5 Å². The minimum absolute atomic E-state index is 0.194. The van der Waals surface area contributed by atoms with Gasteiger partial charge in [-0.15, -0.1) is 0 Å². The number of rotatable bonds is 4. The molecule has 0 unspecified atom stereocenters. The maximum Gasteiger partial charge on any atom is 0.319 e. The van der Waals surface area contributed by atoms with Gasteiger partial charge in [0.05, 0.1) is 18.1 Å². The molecule has 1 aliphatic rings. The molecule has 1 saturated carbocycles. The van der Waals surface area contributed by atoms with E-state index in [-0.39, 0.29) is 18.1 Å². The van der Waals surface area contributed by atoms with Gasteiger partial charge in [-0.1, -0.05) is 30.3 Å². The summed E-state index contributed by atoms with van der Waals surface area (Å²) < 4.78 is 1.87. The predicted molar refractivity (Wildman–Crippen MR) is 97.7 cm³/mol. The summed E-state index contributed by atoms with van der Waals surface area (Å²) in [5.74, 6) is 0.414. The molecular formula is C19H21N5O. The molecule has 6 heteroatoms. The standard InChI is InChI=1S/C19H21N5O/c1-12(2)24-18-14(10-21-24)8-15(11-20-18)22-19(25)23-17-9-16(17)13-6-4-3-5-7-13/h3-8,10-12,16-17H,9H2,1-2H3,(H2,22,23,25)/t16-,17-/m0/s1. The van der Waals surface area contributed by atoms with Gasteiger partial charge in [0, 0.05) is 23.4 Å². The Morgan fingerprint density at radius 1 is 1.24 bits per heavy atom. The van der Waals surface area contributed by atoms with Crippen molar-refractivity contribution >= 4 is 22.8 Å². The van der Waals surface area contributed by atoms with Crippen LogP contribution in [0.25, 0.3) is 11.0 Å². The molecule has 0 saturated heterocycles. The molecule has 4 rings (SSSR count). The highest BCUT2D eigenvalue weighted by atomic mass is 16.2. The number of pyridine rings is 1. The summed E-state index contributed by atoms with van der Waals surface area (Å²) in [5, 5.41) is 11.1. The minimum atomic E-state index is -0.194. The average molecular weight is 335 g/mol. The number of hydrogen-bond acceptors (Lipinski definition) is 3. The molecule has 2 heterocycles. The van der Waals surface area contributed by atoms with Gasteiger partial charge in [-0.3, -0.25) is 0 Å². The molecule has 0 bridgehead atoms. The first-order chi connectivity index (χ1) is 12.1. The number of carbonyl (C=O) groups is 1. The topological polar surface area (TPSA) is 71.8 Å². The summed E-state index contributed by atoms with van der Waals surface area (Å²) in [5.41, 5.74) is 2.77. The first kappa shape index (κ1) is 15.6.